The van der Waals surface area contributed by atoms with Crippen LogP contribution >= 0.6 is 23.1 Å². The van der Waals surface area contributed by atoms with Gasteiger partial charge in [-0.15, -0.1) is 11.3 Å². The molecule has 0 spiro atoms. The Bertz CT molecular complexity index is 707. The summed E-state index contributed by atoms with van der Waals surface area (Å²) in [5.41, 5.74) is 2.94. The van der Waals surface area contributed by atoms with E-state index in [-0.39, 0.29) is 30.0 Å². The molecule has 1 N–H and O–H groups in total. The second kappa shape index (κ2) is 8.37. The van der Waals surface area contributed by atoms with Gasteiger partial charge in [-0.3, -0.25) is 24.7 Å². The van der Waals surface area contributed by atoms with Crippen LogP contribution in [0.2, 0.25) is 0 Å². The van der Waals surface area contributed by atoms with Crippen molar-refractivity contribution in [3.05, 3.63) is 27.3 Å². The minimum atomic E-state index is -0.319. The highest BCUT2D eigenvalue weighted by molar-refractivity contribution is 8.18. The van der Waals surface area contributed by atoms with Gasteiger partial charge >= 0.3 is 0 Å². The van der Waals surface area contributed by atoms with Crippen LogP contribution in [0, 0.1) is 0 Å². The highest BCUT2D eigenvalue weighted by atomic mass is 32.2. The number of amides is 3. The van der Waals surface area contributed by atoms with Crippen LogP contribution in [0.3, 0.4) is 0 Å². The van der Waals surface area contributed by atoms with E-state index in [1.165, 1.54) is 17.8 Å². The van der Waals surface area contributed by atoms with Crippen LogP contribution in [0.25, 0.3) is 6.08 Å². The zero-order valence-corrected chi connectivity index (χ0v) is 16.6. The number of thiophene rings is 1. The molecule has 0 bridgehead atoms. The monoisotopic (exact) mass is 393 g/mol. The number of hydrogen-bond donors (Lipinski definition) is 1. The Hall–Kier alpha value is -1.64. The fraction of sp³-hybridized carbons (Fsp3) is 0.500. The third-order valence-electron chi connectivity index (χ3n) is 4.70. The largest absolute Gasteiger partial charge is 0.293 e. The van der Waals surface area contributed by atoms with Crippen LogP contribution in [0.4, 0.5) is 4.79 Å². The van der Waals surface area contributed by atoms with Gasteiger partial charge in [0.2, 0.25) is 5.91 Å². The number of hydrazine groups is 1. The lowest BCUT2D eigenvalue weighted by Crippen LogP contribution is -2.54. The molecular weight excluding hydrogens is 370 g/mol. The molecule has 1 aromatic rings. The molecule has 8 heteroatoms. The van der Waals surface area contributed by atoms with Crippen molar-refractivity contribution in [1.82, 2.24) is 15.3 Å². The van der Waals surface area contributed by atoms with Gasteiger partial charge in [-0.2, -0.15) is 0 Å². The van der Waals surface area contributed by atoms with Gasteiger partial charge < -0.3 is 0 Å². The number of hydrogen-bond acceptors (Lipinski definition) is 6. The molecule has 0 aromatic carbocycles. The summed E-state index contributed by atoms with van der Waals surface area (Å²) in [6.07, 6.45) is 5.12. The van der Waals surface area contributed by atoms with Gasteiger partial charge in [0, 0.05) is 29.9 Å². The zero-order chi connectivity index (χ0) is 18.7. The number of carbonyl (C=O) groups is 3. The van der Waals surface area contributed by atoms with Crippen molar-refractivity contribution in [1.29, 1.82) is 0 Å². The van der Waals surface area contributed by atoms with Crippen LogP contribution in [0.1, 0.15) is 44.4 Å². The van der Waals surface area contributed by atoms with Gasteiger partial charge in [0.1, 0.15) is 0 Å². The molecule has 1 aromatic heterocycles. The molecule has 6 nitrogen and oxygen atoms in total. The van der Waals surface area contributed by atoms with Crippen LogP contribution in [0.15, 0.2) is 22.4 Å². The minimum absolute atomic E-state index is 0.106. The number of carbonyl (C=O) groups excluding carboxylic acids is 3. The highest BCUT2D eigenvalue weighted by Crippen LogP contribution is 2.33. The third-order valence-corrected chi connectivity index (χ3v) is 6.43. The molecule has 2 aliphatic heterocycles. The third kappa shape index (κ3) is 4.36. The Kier molecular flexibility index (Phi) is 6.16. The molecule has 2 atom stereocenters. The molecule has 2 fully saturated rings. The maximum absolute atomic E-state index is 12.4. The number of nitrogens with one attached hydrogen (secondary N) is 1. The molecule has 140 valence electrons. The van der Waals surface area contributed by atoms with Crippen molar-refractivity contribution in [3.63, 3.8) is 0 Å². The lowest BCUT2D eigenvalue weighted by atomic mass is 10.00. The summed E-state index contributed by atoms with van der Waals surface area (Å²) in [4.78, 5) is 39.3. The second-order valence-electron chi connectivity index (χ2n) is 6.67. The predicted molar refractivity (Wildman–Crippen MR) is 104 cm³/mol. The molecule has 26 heavy (non-hydrogen) atoms. The van der Waals surface area contributed by atoms with E-state index in [0.29, 0.717) is 17.0 Å². The number of piperidine rings is 1. The van der Waals surface area contributed by atoms with Crippen molar-refractivity contribution in [2.75, 3.05) is 6.54 Å². The molecule has 3 heterocycles. The Morgan fingerprint density at radius 3 is 2.69 bits per heavy atom. The van der Waals surface area contributed by atoms with Crippen molar-refractivity contribution in [3.8, 4) is 0 Å². The highest BCUT2D eigenvalue weighted by Gasteiger charge is 2.35. The maximum atomic E-state index is 12.4. The summed E-state index contributed by atoms with van der Waals surface area (Å²) in [5.74, 6) is -0.479. The number of thioether (sulfide) groups is 1. The summed E-state index contributed by atoms with van der Waals surface area (Å²) in [6.45, 7) is 4.30. The smallest absolute Gasteiger partial charge is 0.288 e. The average molecular weight is 394 g/mol. The molecule has 3 rings (SSSR count). The van der Waals surface area contributed by atoms with Gasteiger partial charge in [-0.1, -0.05) is 12.5 Å². The Morgan fingerprint density at radius 2 is 2.04 bits per heavy atom. The van der Waals surface area contributed by atoms with E-state index in [4.69, 9.17) is 0 Å². The van der Waals surface area contributed by atoms with Gasteiger partial charge in [-0.05, 0) is 56.0 Å². The van der Waals surface area contributed by atoms with E-state index in [2.05, 4.69) is 19.3 Å². The van der Waals surface area contributed by atoms with Gasteiger partial charge in [0.25, 0.3) is 11.1 Å². The summed E-state index contributed by atoms with van der Waals surface area (Å²) in [7, 11) is 0. The molecule has 0 radical (unpaired) electrons. The van der Waals surface area contributed by atoms with Crippen molar-refractivity contribution >= 4 is 46.2 Å². The van der Waals surface area contributed by atoms with E-state index < -0.39 is 0 Å². The van der Waals surface area contributed by atoms with E-state index in [1.807, 2.05) is 22.5 Å². The van der Waals surface area contributed by atoms with Crippen LogP contribution in [-0.2, 0) is 9.59 Å². The summed E-state index contributed by atoms with van der Waals surface area (Å²) >= 11 is 2.44. The molecule has 3 amide bonds. The maximum Gasteiger partial charge on any atom is 0.293 e. The average Bonchev–Trinajstić information content (AvgIpc) is 3.19. The van der Waals surface area contributed by atoms with Crippen molar-refractivity contribution in [2.45, 2.75) is 51.6 Å². The van der Waals surface area contributed by atoms with Gasteiger partial charge in [0.05, 0.1) is 4.91 Å². The molecule has 0 aliphatic carbocycles. The first-order chi connectivity index (χ1) is 12.5. The number of nitrogens with zero attached hydrogens (tertiary/aromatic N) is 2. The molecule has 2 saturated heterocycles. The van der Waals surface area contributed by atoms with E-state index >= 15 is 0 Å². The quantitative estimate of drug-likeness (QED) is 0.776. The topological polar surface area (TPSA) is 69.7 Å². The minimum Gasteiger partial charge on any atom is -0.288 e. The first-order valence-electron chi connectivity index (χ1n) is 8.82. The molecular formula is C18H23N3O3S2. The molecule has 0 saturated carbocycles. The van der Waals surface area contributed by atoms with Crippen LogP contribution in [-0.4, -0.2) is 45.6 Å². The number of rotatable bonds is 5. The Balaban J connectivity index is 1.55. The summed E-state index contributed by atoms with van der Waals surface area (Å²) in [6, 6.07) is 4.39. The predicted octanol–water partition coefficient (Wildman–Crippen LogP) is 3.47. The normalized spacial score (nSPS) is 25.9. The molecule has 2 aliphatic rings. The standard InChI is InChI=1S/C18H23N3O3S2/c1-12-5-3-6-13(2)21(12)19-16(22)8-9-20-17(23)15(26-18(20)24)11-14-7-4-10-25-14/h4,7,10-13H,3,5-6,8-9H2,1-2H3,(H,19,22)/b15-11-/t12-,13-/m0/s1. The number of imide groups is 1. The second-order valence-corrected chi connectivity index (χ2v) is 8.64. The van der Waals surface area contributed by atoms with Crippen LogP contribution < -0.4 is 5.43 Å². The Morgan fingerprint density at radius 1 is 1.31 bits per heavy atom. The lowest BCUT2D eigenvalue weighted by Gasteiger charge is -2.38. The van der Waals surface area contributed by atoms with Crippen molar-refractivity contribution in [2.24, 2.45) is 0 Å². The van der Waals surface area contributed by atoms with Gasteiger partial charge in [0.15, 0.2) is 0 Å². The van der Waals surface area contributed by atoms with Crippen molar-refractivity contribution < 1.29 is 14.4 Å². The fourth-order valence-corrected chi connectivity index (χ4v) is 4.84. The van der Waals surface area contributed by atoms with E-state index in [1.54, 1.807) is 6.08 Å². The van der Waals surface area contributed by atoms with E-state index in [0.717, 1.165) is 34.4 Å². The first kappa shape index (κ1) is 19.1. The first-order valence-corrected chi connectivity index (χ1v) is 10.5. The van der Waals surface area contributed by atoms with Crippen LogP contribution in [0.5, 0.6) is 0 Å². The van der Waals surface area contributed by atoms with Gasteiger partial charge in [-0.25, -0.2) is 5.01 Å². The molecule has 0 unspecified atom stereocenters. The zero-order valence-electron chi connectivity index (χ0n) is 14.9. The summed E-state index contributed by atoms with van der Waals surface area (Å²) < 4.78 is 0. The van der Waals surface area contributed by atoms with E-state index in [9.17, 15) is 14.4 Å². The SMILES string of the molecule is C[C@H]1CCC[C@H](C)N1NC(=O)CCN1C(=O)S/C(=C\c2cccs2)C1=O. The Labute approximate surface area is 161 Å². The summed E-state index contributed by atoms with van der Waals surface area (Å²) in [5, 5.41) is 3.60. The lowest BCUT2D eigenvalue weighted by molar-refractivity contribution is -0.130. The fourth-order valence-electron chi connectivity index (χ4n) is 3.25.